The summed E-state index contributed by atoms with van der Waals surface area (Å²) < 4.78 is 5.16. The number of benzene rings is 1. The number of ether oxygens (including phenoxy) is 1. The van der Waals surface area contributed by atoms with E-state index in [2.05, 4.69) is 5.32 Å². The molecule has 14 heavy (non-hydrogen) atoms. The summed E-state index contributed by atoms with van der Waals surface area (Å²) in [7, 11) is 0. The van der Waals surface area contributed by atoms with Gasteiger partial charge in [0.25, 0.3) is 5.91 Å². The van der Waals surface area contributed by atoms with E-state index < -0.39 is 0 Å². The van der Waals surface area contributed by atoms with E-state index in [0.29, 0.717) is 11.4 Å². The summed E-state index contributed by atoms with van der Waals surface area (Å²) in [6.45, 7) is 0.0478. The van der Waals surface area contributed by atoms with Crippen LogP contribution in [0.1, 0.15) is 5.56 Å². The molecule has 0 atom stereocenters. The van der Waals surface area contributed by atoms with Crippen molar-refractivity contribution in [3.8, 4) is 5.75 Å². The molecule has 0 aliphatic carbocycles. The molecule has 1 aliphatic rings. The van der Waals surface area contributed by atoms with Crippen LogP contribution in [0.15, 0.2) is 18.2 Å². The average Bonchev–Trinajstić information content (AvgIpc) is 2.17. The average molecular weight is 190 g/mol. The van der Waals surface area contributed by atoms with Crippen molar-refractivity contribution in [3.05, 3.63) is 23.8 Å². The molecule has 2 rings (SSSR count). The van der Waals surface area contributed by atoms with Gasteiger partial charge >= 0.3 is 0 Å². The molecule has 1 heterocycles. The van der Waals surface area contributed by atoms with E-state index in [-0.39, 0.29) is 18.9 Å². The number of nitrogens with one attached hydrogen (secondary N) is 1. The Hall–Kier alpha value is -1.84. The van der Waals surface area contributed by atoms with Crippen LogP contribution in [0.5, 0.6) is 5.75 Å². The molecule has 0 bridgehead atoms. The van der Waals surface area contributed by atoms with Gasteiger partial charge in [0, 0.05) is 6.42 Å². The third-order valence-electron chi connectivity index (χ3n) is 1.95. The van der Waals surface area contributed by atoms with E-state index >= 15 is 0 Å². The van der Waals surface area contributed by atoms with Gasteiger partial charge in [0.15, 0.2) is 6.61 Å². The minimum atomic E-state index is -0.176. The van der Waals surface area contributed by atoms with Gasteiger partial charge in [0.2, 0.25) is 6.29 Å². The first-order valence-corrected chi connectivity index (χ1v) is 4.20. The molecule has 1 amide bonds. The predicted octanol–water partition coefficient (Wildman–Crippen LogP) is 0.670. The van der Waals surface area contributed by atoms with Crippen LogP contribution in [0.2, 0.25) is 0 Å². The molecule has 1 N–H and O–H groups in total. The van der Waals surface area contributed by atoms with E-state index in [9.17, 15) is 9.59 Å². The second-order valence-corrected chi connectivity index (χ2v) is 2.99. The predicted molar refractivity (Wildman–Crippen MR) is 50.0 cm³/mol. The molecule has 1 radical (unpaired) electrons. The Labute approximate surface area is 80.9 Å². The molecule has 1 aromatic rings. The van der Waals surface area contributed by atoms with Crippen LogP contribution in [0.25, 0.3) is 0 Å². The fourth-order valence-corrected chi connectivity index (χ4v) is 1.32. The third kappa shape index (κ3) is 1.59. The Morgan fingerprint density at radius 1 is 1.50 bits per heavy atom. The summed E-state index contributed by atoms with van der Waals surface area (Å²) in [6.07, 6.45) is 2.02. The van der Waals surface area contributed by atoms with Gasteiger partial charge < -0.3 is 10.1 Å². The fraction of sp³-hybridized carbons (Fsp3) is 0.200. The van der Waals surface area contributed by atoms with Crippen molar-refractivity contribution in [2.45, 2.75) is 6.42 Å². The van der Waals surface area contributed by atoms with E-state index in [1.807, 2.05) is 0 Å². The molecule has 0 saturated carbocycles. The summed E-state index contributed by atoms with van der Waals surface area (Å²) in [6, 6.07) is 5.24. The molecular weight excluding hydrogens is 182 g/mol. The Balaban J connectivity index is 2.32. The topological polar surface area (TPSA) is 55.4 Å². The lowest BCUT2D eigenvalue weighted by Crippen LogP contribution is -2.25. The number of fused-ring (bicyclic) bond motifs is 1. The number of carbonyl (C=O) groups is 1. The highest BCUT2D eigenvalue weighted by molar-refractivity contribution is 5.95. The van der Waals surface area contributed by atoms with Crippen molar-refractivity contribution in [1.29, 1.82) is 0 Å². The first kappa shape index (κ1) is 8.74. The van der Waals surface area contributed by atoms with Crippen molar-refractivity contribution in [2.75, 3.05) is 11.9 Å². The normalized spacial score (nSPS) is 13.9. The van der Waals surface area contributed by atoms with E-state index in [1.165, 1.54) is 0 Å². The molecule has 1 aromatic carbocycles. The minimum Gasteiger partial charge on any atom is -0.482 e. The van der Waals surface area contributed by atoms with Crippen LogP contribution in [0.4, 0.5) is 5.69 Å². The number of hydrogen-bond donors (Lipinski definition) is 1. The first-order valence-electron chi connectivity index (χ1n) is 4.20. The molecule has 0 fully saturated rings. The second-order valence-electron chi connectivity index (χ2n) is 2.99. The lowest BCUT2D eigenvalue weighted by atomic mass is 10.1. The van der Waals surface area contributed by atoms with E-state index in [1.54, 1.807) is 24.5 Å². The van der Waals surface area contributed by atoms with Gasteiger partial charge in [-0.25, -0.2) is 0 Å². The first-order chi connectivity index (χ1) is 6.79. The summed E-state index contributed by atoms with van der Waals surface area (Å²) in [5.41, 5.74) is 1.43. The summed E-state index contributed by atoms with van der Waals surface area (Å²) >= 11 is 0. The molecule has 4 heteroatoms. The molecule has 0 unspecified atom stereocenters. The minimum absolute atomic E-state index is 0.0478. The highest BCUT2D eigenvalue weighted by Gasteiger charge is 2.15. The van der Waals surface area contributed by atoms with Crippen LogP contribution < -0.4 is 10.1 Å². The zero-order valence-corrected chi connectivity index (χ0v) is 7.37. The highest BCUT2D eigenvalue weighted by atomic mass is 16.5. The van der Waals surface area contributed by atoms with Crippen molar-refractivity contribution >= 4 is 17.9 Å². The largest absolute Gasteiger partial charge is 0.482 e. The molecule has 0 saturated heterocycles. The molecular formula is C10H8NO3. The van der Waals surface area contributed by atoms with Crippen LogP contribution >= 0.6 is 0 Å². The zero-order chi connectivity index (χ0) is 9.97. The summed E-state index contributed by atoms with van der Waals surface area (Å²) in [4.78, 5) is 21.1. The van der Waals surface area contributed by atoms with E-state index in [4.69, 9.17) is 4.74 Å². The van der Waals surface area contributed by atoms with Crippen molar-refractivity contribution in [3.63, 3.8) is 0 Å². The lowest BCUT2D eigenvalue weighted by molar-refractivity contribution is -0.118. The maximum absolute atomic E-state index is 11.0. The number of amides is 1. The molecule has 0 spiro atoms. The lowest BCUT2D eigenvalue weighted by Gasteiger charge is -2.17. The Kier molecular flexibility index (Phi) is 2.18. The SMILES string of the molecule is O=[C]Cc1ccc2c(c1)NC(=O)CO2. The number of rotatable bonds is 2. The molecule has 0 aromatic heterocycles. The van der Waals surface area contributed by atoms with Gasteiger partial charge in [-0.3, -0.25) is 9.59 Å². The summed E-state index contributed by atoms with van der Waals surface area (Å²) in [5, 5.41) is 2.66. The summed E-state index contributed by atoms with van der Waals surface area (Å²) in [5.74, 6) is 0.462. The molecule has 1 aliphatic heterocycles. The number of hydrogen-bond acceptors (Lipinski definition) is 3. The maximum Gasteiger partial charge on any atom is 0.262 e. The monoisotopic (exact) mass is 190 g/mol. The Bertz CT molecular complexity index is 387. The van der Waals surface area contributed by atoms with Crippen LogP contribution in [-0.4, -0.2) is 18.8 Å². The number of carbonyl (C=O) groups excluding carboxylic acids is 2. The Morgan fingerprint density at radius 2 is 2.36 bits per heavy atom. The van der Waals surface area contributed by atoms with Crippen LogP contribution in [0, 0.1) is 0 Å². The smallest absolute Gasteiger partial charge is 0.262 e. The van der Waals surface area contributed by atoms with Gasteiger partial charge in [-0.05, 0) is 17.7 Å². The van der Waals surface area contributed by atoms with Gasteiger partial charge in [-0.1, -0.05) is 6.07 Å². The fourth-order valence-electron chi connectivity index (χ4n) is 1.32. The molecule has 4 nitrogen and oxygen atoms in total. The standard InChI is InChI=1S/C10H8NO3/c12-4-3-7-1-2-9-8(5-7)11-10(13)6-14-9/h1-2,5H,3,6H2,(H,11,13). The van der Waals surface area contributed by atoms with E-state index in [0.717, 1.165) is 5.56 Å². The van der Waals surface area contributed by atoms with Crippen molar-refractivity contribution in [1.82, 2.24) is 0 Å². The van der Waals surface area contributed by atoms with Crippen molar-refractivity contribution < 1.29 is 14.3 Å². The zero-order valence-electron chi connectivity index (χ0n) is 7.37. The third-order valence-corrected chi connectivity index (χ3v) is 1.95. The highest BCUT2D eigenvalue weighted by Crippen LogP contribution is 2.28. The second kappa shape index (κ2) is 3.49. The maximum atomic E-state index is 11.0. The molecule has 71 valence electrons. The van der Waals surface area contributed by atoms with Gasteiger partial charge in [-0.15, -0.1) is 0 Å². The quantitative estimate of drug-likeness (QED) is 0.745. The number of anilines is 1. The van der Waals surface area contributed by atoms with Gasteiger partial charge in [-0.2, -0.15) is 0 Å². The van der Waals surface area contributed by atoms with Gasteiger partial charge in [0.1, 0.15) is 5.75 Å². The van der Waals surface area contributed by atoms with Crippen LogP contribution in [0.3, 0.4) is 0 Å². The van der Waals surface area contributed by atoms with Crippen LogP contribution in [-0.2, 0) is 16.0 Å². The van der Waals surface area contributed by atoms with Gasteiger partial charge in [0.05, 0.1) is 5.69 Å². The Morgan fingerprint density at radius 3 is 3.14 bits per heavy atom. The van der Waals surface area contributed by atoms with Crippen molar-refractivity contribution in [2.24, 2.45) is 0 Å².